The monoisotopic (exact) mass is 700 g/mol. The fourth-order valence-electron chi connectivity index (χ4n) is 12.2. The number of hydrogen-bond donors (Lipinski definition) is 6. The SMILES string of the molecule is CC1(C)CCC2(C(=O)O)C(O)CC3(C)C(=CCC4C5(C)CCC(O)C(C)(C)C5CCC43C)C2C1.Oc1ccc(C=Cc2cc(O)cc(O)c2)cc1. The average molecular weight is 701 g/mol. The standard InChI is InChI=1S/C30H48O4.C14H12O3/c1-25(2)14-15-30(24(33)34)19(16-25)18-8-9-21-27(5)12-11-22(31)26(3,4)20(27)10-13-28(21,6)29(18,7)17-23(30)32;15-12-5-3-10(4-6-12)1-2-11-7-13(16)9-14(17)8-11/h8,19-23,31-32H,9-17H2,1-7H3,(H,33,34);1-9,15-17H. The lowest BCUT2D eigenvalue weighted by Gasteiger charge is -2.71. The molecule has 0 radical (unpaired) electrons. The van der Waals surface area contributed by atoms with E-state index in [-0.39, 0.29) is 56.3 Å². The number of phenolic OH excluding ortho intramolecular Hbond substituents is 3. The van der Waals surface area contributed by atoms with Gasteiger partial charge in [0.25, 0.3) is 0 Å². The van der Waals surface area contributed by atoms with Gasteiger partial charge in [0.1, 0.15) is 22.7 Å². The largest absolute Gasteiger partial charge is 0.508 e. The number of aliphatic carboxylic acids is 1. The van der Waals surface area contributed by atoms with Crippen LogP contribution in [0.4, 0.5) is 0 Å². The predicted molar refractivity (Wildman–Crippen MR) is 201 cm³/mol. The summed E-state index contributed by atoms with van der Waals surface area (Å²) >= 11 is 0. The van der Waals surface area contributed by atoms with Crippen molar-refractivity contribution < 1.29 is 35.4 Å². The van der Waals surface area contributed by atoms with Gasteiger partial charge < -0.3 is 30.6 Å². The molecule has 7 heteroatoms. The minimum absolute atomic E-state index is 0.0218. The summed E-state index contributed by atoms with van der Waals surface area (Å²) in [5.41, 5.74) is 1.92. The van der Waals surface area contributed by atoms with Crippen molar-refractivity contribution in [2.45, 2.75) is 118 Å². The molecule has 9 unspecified atom stereocenters. The molecule has 2 aromatic rings. The third kappa shape index (κ3) is 6.00. The van der Waals surface area contributed by atoms with Crippen molar-refractivity contribution in [3.63, 3.8) is 0 Å². The van der Waals surface area contributed by atoms with E-state index in [1.54, 1.807) is 42.5 Å². The smallest absolute Gasteiger partial charge is 0.312 e. The van der Waals surface area contributed by atoms with Gasteiger partial charge in [-0.05, 0) is 138 Å². The van der Waals surface area contributed by atoms with Crippen molar-refractivity contribution in [3.8, 4) is 17.2 Å². The van der Waals surface area contributed by atoms with E-state index in [4.69, 9.17) is 5.11 Å². The Morgan fingerprint density at radius 1 is 0.706 bits per heavy atom. The van der Waals surface area contributed by atoms with Gasteiger partial charge >= 0.3 is 5.97 Å². The number of carbonyl (C=O) groups is 1. The molecular formula is C44H60O7. The van der Waals surface area contributed by atoms with Crippen molar-refractivity contribution in [1.82, 2.24) is 0 Å². The first-order valence-corrected chi connectivity index (χ1v) is 19.0. The zero-order valence-electron chi connectivity index (χ0n) is 31.6. The lowest BCUT2D eigenvalue weighted by molar-refractivity contribution is -0.218. The molecule has 6 N–H and O–H groups in total. The van der Waals surface area contributed by atoms with Crippen LogP contribution in [0.2, 0.25) is 0 Å². The Labute approximate surface area is 304 Å². The molecule has 0 bridgehead atoms. The Kier molecular flexibility index (Phi) is 9.32. The van der Waals surface area contributed by atoms with Crippen molar-refractivity contribution in [2.75, 3.05) is 0 Å². The van der Waals surface area contributed by atoms with Gasteiger partial charge in [0.2, 0.25) is 0 Å². The van der Waals surface area contributed by atoms with E-state index < -0.39 is 17.5 Å². The third-order valence-corrected chi connectivity index (χ3v) is 15.3. The Hall–Kier alpha value is -3.29. The molecule has 51 heavy (non-hydrogen) atoms. The lowest BCUT2D eigenvalue weighted by Crippen LogP contribution is -2.67. The molecule has 7 nitrogen and oxygen atoms in total. The number of rotatable bonds is 3. The number of benzene rings is 2. The van der Waals surface area contributed by atoms with E-state index in [0.29, 0.717) is 30.2 Å². The van der Waals surface area contributed by atoms with Crippen LogP contribution in [0.3, 0.4) is 0 Å². The highest BCUT2D eigenvalue weighted by molar-refractivity contribution is 5.77. The van der Waals surface area contributed by atoms with Crippen molar-refractivity contribution in [1.29, 1.82) is 0 Å². The zero-order chi connectivity index (χ0) is 37.4. The highest BCUT2D eigenvalue weighted by Gasteiger charge is 2.71. The zero-order valence-corrected chi connectivity index (χ0v) is 31.6. The molecule has 0 aliphatic heterocycles. The number of phenols is 3. The molecule has 0 aromatic heterocycles. The quantitative estimate of drug-likeness (QED) is 0.139. The van der Waals surface area contributed by atoms with Gasteiger partial charge in [-0.1, -0.05) is 84.4 Å². The predicted octanol–water partition coefficient (Wildman–Crippen LogP) is 9.18. The molecule has 0 amide bonds. The number of carboxylic acids is 1. The van der Waals surface area contributed by atoms with Gasteiger partial charge in [0, 0.05) is 6.07 Å². The average Bonchev–Trinajstić information content (AvgIpc) is 3.03. The number of aliphatic hydroxyl groups is 2. The van der Waals surface area contributed by atoms with E-state index in [2.05, 4.69) is 54.5 Å². The number of fused-ring (bicyclic) bond motifs is 7. The van der Waals surface area contributed by atoms with E-state index >= 15 is 0 Å². The summed E-state index contributed by atoms with van der Waals surface area (Å²) in [6.07, 6.45) is 12.9. The second kappa shape index (κ2) is 12.7. The Bertz CT molecular complexity index is 1690. The summed E-state index contributed by atoms with van der Waals surface area (Å²) in [7, 11) is 0. The first kappa shape index (κ1) is 37.5. The second-order valence-corrected chi connectivity index (χ2v) is 18.9. The molecule has 0 heterocycles. The fourth-order valence-corrected chi connectivity index (χ4v) is 12.2. The van der Waals surface area contributed by atoms with Crippen LogP contribution in [0.25, 0.3) is 12.2 Å². The molecule has 0 saturated heterocycles. The van der Waals surface area contributed by atoms with E-state index in [1.165, 1.54) is 11.6 Å². The van der Waals surface area contributed by atoms with Gasteiger partial charge in [-0.2, -0.15) is 0 Å². The van der Waals surface area contributed by atoms with E-state index in [0.717, 1.165) is 50.5 Å². The number of carboxylic acid groups (broad SMARTS) is 1. The van der Waals surface area contributed by atoms with Gasteiger partial charge in [0.05, 0.1) is 12.2 Å². The maximum Gasteiger partial charge on any atom is 0.312 e. The van der Waals surface area contributed by atoms with E-state index in [9.17, 15) is 30.3 Å². The first-order chi connectivity index (χ1) is 23.7. The summed E-state index contributed by atoms with van der Waals surface area (Å²) in [6.45, 7) is 16.4. The minimum Gasteiger partial charge on any atom is -0.508 e. The minimum atomic E-state index is -1.04. The maximum atomic E-state index is 12.8. The number of allylic oxidation sites excluding steroid dienone is 2. The molecule has 0 spiro atoms. The summed E-state index contributed by atoms with van der Waals surface area (Å²) < 4.78 is 0. The van der Waals surface area contributed by atoms with Crippen LogP contribution < -0.4 is 0 Å². The summed E-state index contributed by atoms with van der Waals surface area (Å²) in [5, 5.41) is 60.8. The van der Waals surface area contributed by atoms with Gasteiger partial charge in [-0.25, -0.2) is 0 Å². The Morgan fingerprint density at radius 2 is 1.33 bits per heavy atom. The molecule has 9 atom stereocenters. The summed E-state index contributed by atoms with van der Waals surface area (Å²) in [6, 6.07) is 11.1. The third-order valence-electron chi connectivity index (χ3n) is 15.3. The molecule has 2 aromatic carbocycles. The Morgan fingerprint density at radius 3 is 1.96 bits per heavy atom. The molecular weight excluding hydrogens is 640 g/mol. The van der Waals surface area contributed by atoms with Crippen molar-refractivity contribution >= 4 is 18.1 Å². The lowest BCUT2D eigenvalue weighted by atomic mass is 9.33. The van der Waals surface area contributed by atoms with Gasteiger partial charge in [0.15, 0.2) is 0 Å². The van der Waals surface area contributed by atoms with Crippen LogP contribution >= 0.6 is 0 Å². The van der Waals surface area contributed by atoms with Gasteiger partial charge in [-0.3, -0.25) is 4.79 Å². The van der Waals surface area contributed by atoms with Crippen LogP contribution in [0.15, 0.2) is 54.1 Å². The number of aliphatic hydroxyl groups excluding tert-OH is 2. The first-order valence-electron chi connectivity index (χ1n) is 19.0. The molecule has 4 saturated carbocycles. The van der Waals surface area contributed by atoms with Crippen molar-refractivity contribution in [2.24, 2.45) is 50.2 Å². The normalized spacial score (nSPS) is 39.2. The highest BCUT2D eigenvalue weighted by atomic mass is 16.4. The highest BCUT2D eigenvalue weighted by Crippen LogP contribution is 2.75. The van der Waals surface area contributed by atoms with Crippen LogP contribution in [0.5, 0.6) is 17.2 Å². The van der Waals surface area contributed by atoms with Crippen LogP contribution in [0.1, 0.15) is 117 Å². The number of hydrogen-bond acceptors (Lipinski definition) is 6. The second-order valence-electron chi connectivity index (χ2n) is 18.9. The molecule has 7 rings (SSSR count). The topological polar surface area (TPSA) is 138 Å². The molecule has 5 aliphatic rings. The maximum absolute atomic E-state index is 12.8. The van der Waals surface area contributed by atoms with Crippen molar-refractivity contribution in [3.05, 3.63) is 65.2 Å². The van der Waals surface area contributed by atoms with Crippen LogP contribution in [-0.4, -0.2) is 48.8 Å². The van der Waals surface area contributed by atoms with Gasteiger partial charge in [-0.15, -0.1) is 0 Å². The summed E-state index contributed by atoms with van der Waals surface area (Å²) in [4.78, 5) is 12.8. The van der Waals surface area contributed by atoms with Crippen LogP contribution in [0, 0.1) is 50.2 Å². The molecule has 278 valence electrons. The number of aromatic hydroxyl groups is 3. The fraction of sp³-hybridized carbons (Fsp3) is 0.614. The molecule has 4 fully saturated rings. The van der Waals surface area contributed by atoms with Crippen LogP contribution in [-0.2, 0) is 4.79 Å². The summed E-state index contributed by atoms with van der Waals surface area (Å²) in [5.74, 6) is 0.355. The Balaban J connectivity index is 0.000000221. The molecule has 5 aliphatic carbocycles. The van der Waals surface area contributed by atoms with E-state index in [1.807, 2.05) is 6.08 Å².